The van der Waals surface area contributed by atoms with Crippen molar-refractivity contribution in [3.8, 4) is 5.75 Å². The zero-order valence-electron chi connectivity index (χ0n) is 57.5. The number of ether oxygens (including phenoxy) is 2. The number of sulfone groups is 1. The van der Waals surface area contributed by atoms with E-state index in [0.717, 1.165) is 10.2 Å². The highest BCUT2D eigenvalue weighted by molar-refractivity contribution is 7.92. The van der Waals surface area contributed by atoms with Gasteiger partial charge in [-0.2, -0.15) is 5.10 Å². The number of rotatable bonds is 16. The molecule has 27 heteroatoms. The molecule has 3 saturated heterocycles. The molecule has 0 aliphatic carbocycles. The van der Waals surface area contributed by atoms with Crippen molar-refractivity contribution in [3.05, 3.63) is 111 Å². The van der Waals surface area contributed by atoms with Gasteiger partial charge in [-0.3, -0.25) is 34.0 Å². The smallest absolute Gasteiger partial charge is 0.437 e. The number of hydrogen-bond donors (Lipinski definition) is 3. The number of hydrogen-bond acceptors (Lipinski definition) is 19. The minimum Gasteiger partial charge on any atom is -0.492 e. The van der Waals surface area contributed by atoms with Gasteiger partial charge in [0.2, 0.25) is 11.9 Å². The number of carboxylic acid groups (broad SMARTS) is 1. The molecule has 0 radical (unpaired) electrons. The summed E-state index contributed by atoms with van der Waals surface area (Å²) in [5.41, 5.74) is 1.62. The number of halogens is 1. The van der Waals surface area contributed by atoms with Crippen molar-refractivity contribution in [1.82, 2.24) is 59.2 Å². The number of anilines is 4. The minimum absolute atomic E-state index is 0.0183. The van der Waals surface area contributed by atoms with Gasteiger partial charge in [-0.1, -0.05) is 46.8 Å². The molecule has 3 amide bonds. The van der Waals surface area contributed by atoms with E-state index in [1.54, 1.807) is 107 Å². The van der Waals surface area contributed by atoms with E-state index in [1.165, 1.54) is 24.5 Å². The first-order chi connectivity index (χ1) is 44.4. The van der Waals surface area contributed by atoms with E-state index >= 15 is 0 Å². The number of fused-ring (bicyclic) bond motifs is 2. The van der Waals surface area contributed by atoms with Gasteiger partial charge in [0, 0.05) is 143 Å². The number of aromatic nitrogens is 7. The molecule has 4 aliphatic heterocycles. The summed E-state index contributed by atoms with van der Waals surface area (Å²) in [6, 6.07) is 10.5. The Morgan fingerprint density at radius 2 is 1.54 bits per heavy atom. The highest BCUT2D eigenvalue weighted by Gasteiger charge is 2.53. The number of nitrogens with one attached hydrogen (secondary N) is 2. The third kappa shape index (κ3) is 14.7. The van der Waals surface area contributed by atoms with Crippen LogP contribution in [0.4, 0.5) is 37.3 Å². The second-order valence-corrected chi connectivity index (χ2v) is 32.3. The Kier molecular flexibility index (Phi) is 19.4. The molecule has 3 atom stereocenters. The second kappa shape index (κ2) is 26.5. The quantitative estimate of drug-likeness (QED) is 0.0768. The first-order valence-electron chi connectivity index (χ1n) is 32.5. The average molecular weight is 1330 g/mol. The normalized spacial score (nSPS) is 20.1. The van der Waals surface area contributed by atoms with Crippen LogP contribution in [0.3, 0.4) is 0 Å². The molecule has 0 saturated carbocycles. The fourth-order valence-electron chi connectivity index (χ4n) is 13.0. The predicted molar refractivity (Wildman–Crippen MR) is 360 cm³/mol. The fourth-order valence-corrected chi connectivity index (χ4v) is 14.3. The Morgan fingerprint density at radius 1 is 0.853 bits per heavy atom. The van der Waals surface area contributed by atoms with Gasteiger partial charge in [-0.25, -0.2) is 42.3 Å². The van der Waals surface area contributed by atoms with Crippen LogP contribution >= 0.6 is 0 Å². The Morgan fingerprint density at radius 3 is 2.17 bits per heavy atom. The van der Waals surface area contributed by atoms with Crippen LogP contribution in [0.25, 0.3) is 10.9 Å². The summed E-state index contributed by atoms with van der Waals surface area (Å²) in [6.45, 7) is 34.0. The van der Waals surface area contributed by atoms with Gasteiger partial charge in [0.15, 0.2) is 9.84 Å². The van der Waals surface area contributed by atoms with Crippen molar-refractivity contribution < 1.29 is 46.6 Å². The molecule has 3 fully saturated rings. The first kappa shape index (κ1) is 69.7. The summed E-state index contributed by atoms with van der Waals surface area (Å²) in [4.78, 5) is 104. The fraction of sp³-hybridized carbons (Fsp3) is 0.559. The van der Waals surface area contributed by atoms with Crippen molar-refractivity contribution in [3.63, 3.8) is 0 Å². The van der Waals surface area contributed by atoms with E-state index in [0.29, 0.717) is 135 Å². The Labute approximate surface area is 555 Å². The molecule has 25 nitrogen and oxygen atoms in total. The maximum absolute atomic E-state index is 14.9. The van der Waals surface area contributed by atoms with Gasteiger partial charge < -0.3 is 39.6 Å². The number of piperazine rings is 3. The van der Waals surface area contributed by atoms with Crippen LogP contribution in [0.15, 0.2) is 70.9 Å². The molecule has 6 aromatic rings. The SMILES string of the molecule is Cc1nn(C(=O)OC(C)(C)C)c(Nc2ncnc3cc(OCCCN4CCN(C(=O)c5cnc(N6CCN(C[C@H]7CN(C(=O)O)[C@](C)(C(C)(C)C)CN7CC(=O)N7CC(C)(C)c8[nH]c(=O)c(Cc9ccc(F)cc9)cc87)C(C)C6)nc5)CC4)c(S(=O)(=O)C(C)(C)C)cc23)c1C. The largest absolute Gasteiger partial charge is 0.492 e. The lowest BCUT2D eigenvalue weighted by Crippen LogP contribution is -2.72. The van der Waals surface area contributed by atoms with Crippen molar-refractivity contribution in [1.29, 1.82) is 0 Å². The van der Waals surface area contributed by atoms with Crippen LogP contribution in [-0.4, -0.2) is 216 Å². The second-order valence-electron chi connectivity index (χ2n) is 29.7. The summed E-state index contributed by atoms with van der Waals surface area (Å²) in [6.07, 6.45) is 3.61. The lowest BCUT2D eigenvalue weighted by atomic mass is 9.71. The molecule has 8 heterocycles. The van der Waals surface area contributed by atoms with E-state index in [4.69, 9.17) is 19.4 Å². The van der Waals surface area contributed by atoms with E-state index in [-0.39, 0.29) is 77.9 Å². The summed E-state index contributed by atoms with van der Waals surface area (Å²) in [5, 5.41) is 18.8. The zero-order valence-corrected chi connectivity index (χ0v) is 58.3. The number of aromatic amines is 1. The lowest BCUT2D eigenvalue weighted by Gasteiger charge is -2.57. The number of benzene rings is 2. The molecule has 0 spiro atoms. The molecular formula is C68H92FN15O10S. The monoisotopic (exact) mass is 1330 g/mol. The number of nitrogens with zero attached hydrogens (tertiary/aromatic N) is 13. The number of carbonyl (C=O) groups excluding carboxylic acids is 3. The predicted octanol–water partition coefficient (Wildman–Crippen LogP) is 8.28. The van der Waals surface area contributed by atoms with Crippen LogP contribution < -0.4 is 25.4 Å². The van der Waals surface area contributed by atoms with Crippen LogP contribution in [0.5, 0.6) is 5.75 Å². The average Bonchev–Trinajstić information content (AvgIpc) is 1.73. The molecule has 4 aliphatic rings. The number of pyridine rings is 1. The van der Waals surface area contributed by atoms with E-state index in [9.17, 15) is 41.9 Å². The highest BCUT2D eigenvalue weighted by Crippen LogP contribution is 2.43. The molecule has 95 heavy (non-hydrogen) atoms. The molecular weight excluding hydrogens is 1240 g/mol. The zero-order chi connectivity index (χ0) is 69.1. The van der Waals surface area contributed by atoms with Gasteiger partial charge in [0.25, 0.3) is 11.5 Å². The number of carbonyl (C=O) groups is 4. The maximum Gasteiger partial charge on any atom is 0.437 e. The standard InChI is InChI=1S/C68H92FN15O10S/c1-42-35-80(27-26-79(42)36-49-37-83(62(88)89)68(15,64(4,5)6)40-81(49)38-55(85)82-39-67(13,14)56-52(82)30-46(59(86)74-56)29-45-17-19-48(69)20-18-45)61-70-33-47(34-71-61)60(87)78-24-22-77(23-25-78)21-16-28-93-53-32-51-50(31-54(53)95(91,92)66(10,11)12)57(73-41-72-51)75-58-43(2)44(3)76-84(58)63(90)94-65(7,8)9/h17-20,30-34,41-42,49H,16,21-29,35-40H2,1-15H3,(H,74,86)(H,88,89)(H,72,73,75)/t42?,49-,68-/m0/s1. The Hall–Kier alpha value is -8.14. The van der Waals surface area contributed by atoms with Gasteiger partial charge >= 0.3 is 12.2 Å². The highest BCUT2D eigenvalue weighted by atomic mass is 32.2. The van der Waals surface area contributed by atoms with Gasteiger partial charge in [0.1, 0.15) is 40.0 Å². The van der Waals surface area contributed by atoms with Gasteiger partial charge in [0.05, 0.1) is 45.9 Å². The summed E-state index contributed by atoms with van der Waals surface area (Å²) in [7, 11) is -3.97. The molecule has 512 valence electrons. The molecule has 3 N–H and O–H groups in total. The van der Waals surface area contributed by atoms with Crippen molar-refractivity contribution >= 4 is 68.0 Å². The molecule has 1 unspecified atom stereocenters. The summed E-state index contributed by atoms with van der Waals surface area (Å²) < 4.78 is 54.2. The Balaban J connectivity index is 0.742. The minimum atomic E-state index is -3.97. The third-order valence-corrected chi connectivity index (χ3v) is 21.8. The topological polar surface area (TPSA) is 278 Å². The van der Waals surface area contributed by atoms with Crippen LogP contribution in [0, 0.1) is 25.1 Å². The number of amides is 3. The molecule has 2 aromatic carbocycles. The van der Waals surface area contributed by atoms with E-state index in [1.807, 2.05) is 41.5 Å². The van der Waals surface area contributed by atoms with Crippen molar-refractivity contribution in [2.75, 3.05) is 107 Å². The number of aryl methyl sites for hydroxylation is 1. The summed E-state index contributed by atoms with van der Waals surface area (Å²) >= 11 is 0. The van der Waals surface area contributed by atoms with Gasteiger partial charge in [-0.05, 0) is 111 Å². The van der Waals surface area contributed by atoms with E-state index in [2.05, 4.69) is 51.9 Å². The van der Waals surface area contributed by atoms with Crippen LogP contribution in [0.2, 0.25) is 0 Å². The van der Waals surface area contributed by atoms with Crippen molar-refractivity contribution in [2.24, 2.45) is 5.41 Å². The Bertz CT molecular complexity index is 4060. The molecule has 4 aromatic heterocycles. The number of H-pyrrole nitrogens is 1. The van der Waals surface area contributed by atoms with Crippen LogP contribution in [0.1, 0.15) is 135 Å². The van der Waals surface area contributed by atoms with E-state index < -0.39 is 48.7 Å². The lowest BCUT2D eigenvalue weighted by molar-refractivity contribution is -0.125. The third-order valence-electron chi connectivity index (χ3n) is 19.3. The first-order valence-corrected chi connectivity index (χ1v) is 34.0. The maximum atomic E-state index is 14.9. The van der Waals surface area contributed by atoms with Crippen LogP contribution in [-0.2, 0) is 31.2 Å². The van der Waals surface area contributed by atoms with Gasteiger partial charge in [-0.15, -0.1) is 4.68 Å². The van der Waals surface area contributed by atoms with Crippen molar-refractivity contribution in [2.45, 2.75) is 155 Å². The summed E-state index contributed by atoms with van der Waals surface area (Å²) in [5.74, 6) is 0.521. The molecule has 0 bridgehead atoms. The molecule has 10 rings (SSSR count).